The quantitative estimate of drug-likeness (QED) is 0.601. The molecule has 2 heterocycles. The molecule has 32 heavy (non-hydrogen) atoms. The first-order chi connectivity index (χ1) is 15.3. The average Bonchev–Trinajstić information content (AvgIpc) is 3.27. The van der Waals surface area contributed by atoms with Gasteiger partial charge in [-0.2, -0.15) is 4.31 Å². The lowest BCUT2D eigenvalue weighted by molar-refractivity contribution is 0.102. The molecule has 4 rings (SSSR count). The Morgan fingerprint density at radius 2 is 1.94 bits per heavy atom. The molecule has 168 valence electrons. The molecule has 0 saturated carbocycles. The van der Waals surface area contributed by atoms with E-state index in [0.29, 0.717) is 29.2 Å². The molecule has 7 nitrogen and oxygen atoms in total. The Morgan fingerprint density at radius 3 is 2.72 bits per heavy atom. The number of nitrogens with zero attached hydrogens (tertiary/aromatic N) is 3. The number of sulfonamides is 1. The van der Waals surface area contributed by atoms with E-state index < -0.39 is 15.8 Å². The molecule has 1 amide bonds. The van der Waals surface area contributed by atoms with Crippen LogP contribution in [-0.4, -0.2) is 41.9 Å². The van der Waals surface area contributed by atoms with Gasteiger partial charge in [0.1, 0.15) is 10.8 Å². The maximum Gasteiger partial charge on any atom is 0.286 e. The zero-order valence-electron chi connectivity index (χ0n) is 17.7. The van der Waals surface area contributed by atoms with Gasteiger partial charge in [-0.15, -0.1) is 10.2 Å². The first-order valence-electron chi connectivity index (χ1n) is 10.2. The third-order valence-corrected chi connectivity index (χ3v) is 8.62. The zero-order valence-corrected chi connectivity index (χ0v) is 19.3. The Morgan fingerprint density at radius 1 is 1.16 bits per heavy atom. The minimum Gasteiger partial charge on any atom is -0.320 e. The predicted molar refractivity (Wildman–Crippen MR) is 121 cm³/mol. The van der Waals surface area contributed by atoms with Crippen molar-refractivity contribution in [2.45, 2.75) is 37.5 Å². The molecule has 10 heteroatoms. The maximum atomic E-state index is 13.7. The van der Waals surface area contributed by atoms with E-state index in [9.17, 15) is 17.6 Å². The molecule has 1 aromatic heterocycles. The Kier molecular flexibility index (Phi) is 6.36. The predicted octanol–water partition coefficient (Wildman–Crippen LogP) is 4.11. The van der Waals surface area contributed by atoms with Crippen molar-refractivity contribution in [3.05, 3.63) is 69.4 Å². The lowest BCUT2D eigenvalue weighted by atomic mass is 10.0. The summed E-state index contributed by atoms with van der Waals surface area (Å²) in [6.07, 6.45) is 1.38. The number of carbonyl (C=O) groups excluding carboxylic acids is 1. The van der Waals surface area contributed by atoms with Gasteiger partial charge in [-0.25, -0.2) is 12.8 Å². The highest BCUT2D eigenvalue weighted by atomic mass is 32.2. The molecule has 0 radical (unpaired) electrons. The van der Waals surface area contributed by atoms with E-state index in [2.05, 4.69) is 15.5 Å². The molecule has 1 fully saturated rings. The number of aryl methyl sites for hydroxylation is 2. The molecule has 1 atom stereocenters. The van der Waals surface area contributed by atoms with Crippen molar-refractivity contribution >= 4 is 33.0 Å². The molecular weight excluding hydrogens is 451 g/mol. The molecule has 1 saturated heterocycles. The Labute approximate surface area is 190 Å². The number of piperidine rings is 1. The number of para-hydroxylation sites is 1. The monoisotopic (exact) mass is 474 g/mol. The highest BCUT2D eigenvalue weighted by Gasteiger charge is 2.33. The van der Waals surface area contributed by atoms with Gasteiger partial charge in [0, 0.05) is 24.7 Å². The van der Waals surface area contributed by atoms with Crippen molar-refractivity contribution in [3.8, 4) is 0 Å². The van der Waals surface area contributed by atoms with Crippen LogP contribution in [0.1, 0.15) is 44.7 Å². The summed E-state index contributed by atoms with van der Waals surface area (Å²) in [5.41, 5.74) is 2.14. The second-order valence-electron chi connectivity index (χ2n) is 7.83. The molecule has 1 N–H and O–H groups in total. The Bertz CT molecular complexity index is 1260. The van der Waals surface area contributed by atoms with E-state index >= 15 is 0 Å². The van der Waals surface area contributed by atoms with E-state index in [1.807, 2.05) is 31.2 Å². The van der Waals surface area contributed by atoms with Gasteiger partial charge in [0.05, 0.1) is 4.90 Å². The van der Waals surface area contributed by atoms with Crippen molar-refractivity contribution in [1.82, 2.24) is 14.5 Å². The van der Waals surface area contributed by atoms with Crippen LogP contribution < -0.4 is 5.32 Å². The van der Waals surface area contributed by atoms with Gasteiger partial charge in [-0.05, 0) is 56.0 Å². The molecule has 3 aromatic rings. The largest absolute Gasteiger partial charge is 0.320 e. The number of carbonyl (C=O) groups is 1. The number of halogens is 1. The van der Waals surface area contributed by atoms with Crippen LogP contribution in [0.25, 0.3) is 0 Å². The number of nitrogens with one attached hydrogen (secondary N) is 1. The minimum atomic E-state index is -3.84. The lowest BCUT2D eigenvalue weighted by Crippen LogP contribution is -2.39. The third-order valence-electron chi connectivity index (χ3n) is 5.53. The van der Waals surface area contributed by atoms with Gasteiger partial charge in [-0.3, -0.25) is 4.79 Å². The van der Waals surface area contributed by atoms with Crippen LogP contribution in [0.15, 0.2) is 47.4 Å². The summed E-state index contributed by atoms with van der Waals surface area (Å²) in [6.45, 7) is 4.12. The van der Waals surface area contributed by atoms with Gasteiger partial charge in [0.15, 0.2) is 0 Å². The van der Waals surface area contributed by atoms with E-state index in [0.717, 1.165) is 18.1 Å². The highest BCUT2D eigenvalue weighted by molar-refractivity contribution is 7.89. The fourth-order valence-electron chi connectivity index (χ4n) is 3.73. The van der Waals surface area contributed by atoms with E-state index in [1.54, 1.807) is 6.92 Å². The summed E-state index contributed by atoms with van der Waals surface area (Å²) < 4.78 is 41.4. The first kappa shape index (κ1) is 22.5. The standard InChI is InChI=1S/C22H23FN4O3S2/c1-14-6-3-4-8-18(14)24-20(28)22-26-25-21(31-22)16-7-5-11-27(13-16)32(29,30)19-12-17(23)10-9-15(19)2/h3-4,6,8-10,12,16H,5,7,11,13H2,1-2H3,(H,24,28)/t16-/m1/s1. The second-order valence-corrected chi connectivity index (χ2v) is 10.7. The van der Waals surface area contributed by atoms with Crippen molar-refractivity contribution in [1.29, 1.82) is 0 Å². The van der Waals surface area contributed by atoms with Crippen molar-refractivity contribution in [2.24, 2.45) is 0 Å². The normalized spacial score (nSPS) is 17.3. The van der Waals surface area contributed by atoms with Gasteiger partial charge >= 0.3 is 0 Å². The van der Waals surface area contributed by atoms with Gasteiger partial charge in [0.25, 0.3) is 5.91 Å². The number of hydrogen-bond donors (Lipinski definition) is 1. The maximum absolute atomic E-state index is 13.7. The second kappa shape index (κ2) is 9.05. The van der Waals surface area contributed by atoms with E-state index in [1.165, 1.54) is 27.8 Å². The summed E-state index contributed by atoms with van der Waals surface area (Å²) in [4.78, 5) is 12.6. The van der Waals surface area contributed by atoms with Crippen LogP contribution >= 0.6 is 11.3 Å². The molecule has 1 aliphatic rings. The number of benzene rings is 2. The molecular formula is C22H23FN4O3S2. The molecule has 0 aliphatic carbocycles. The molecule has 2 aromatic carbocycles. The minimum absolute atomic E-state index is 0.0197. The van der Waals surface area contributed by atoms with Crippen LogP contribution in [0, 0.1) is 19.7 Å². The average molecular weight is 475 g/mol. The fourth-order valence-corrected chi connectivity index (χ4v) is 6.36. The van der Waals surface area contributed by atoms with Crippen LogP contribution in [0.2, 0.25) is 0 Å². The topological polar surface area (TPSA) is 92.3 Å². The van der Waals surface area contributed by atoms with Crippen molar-refractivity contribution in [3.63, 3.8) is 0 Å². The van der Waals surface area contributed by atoms with E-state index in [4.69, 9.17) is 0 Å². The van der Waals surface area contributed by atoms with Crippen LogP contribution in [0.4, 0.5) is 10.1 Å². The SMILES string of the molecule is Cc1ccccc1NC(=O)c1nnc([C@@H]2CCCN(S(=O)(=O)c3cc(F)ccc3C)C2)s1. The molecule has 0 spiro atoms. The number of hydrogen-bond acceptors (Lipinski definition) is 6. The van der Waals surface area contributed by atoms with E-state index in [-0.39, 0.29) is 28.3 Å². The summed E-state index contributed by atoms with van der Waals surface area (Å²) in [7, 11) is -3.84. The van der Waals surface area contributed by atoms with Crippen LogP contribution in [0.3, 0.4) is 0 Å². The molecule has 0 bridgehead atoms. The Balaban J connectivity index is 1.51. The number of amides is 1. The first-order valence-corrected chi connectivity index (χ1v) is 12.5. The fraction of sp³-hybridized carbons (Fsp3) is 0.318. The number of anilines is 1. The third kappa shape index (κ3) is 4.57. The van der Waals surface area contributed by atoms with Gasteiger partial charge in [0.2, 0.25) is 15.0 Å². The van der Waals surface area contributed by atoms with Gasteiger partial charge < -0.3 is 5.32 Å². The number of rotatable bonds is 5. The van der Waals surface area contributed by atoms with Gasteiger partial charge in [-0.1, -0.05) is 35.6 Å². The summed E-state index contributed by atoms with van der Waals surface area (Å²) >= 11 is 1.17. The lowest BCUT2D eigenvalue weighted by Gasteiger charge is -2.31. The summed E-state index contributed by atoms with van der Waals surface area (Å²) in [6, 6.07) is 11.2. The summed E-state index contributed by atoms with van der Waals surface area (Å²) in [5.74, 6) is -1.11. The van der Waals surface area contributed by atoms with Crippen LogP contribution in [0.5, 0.6) is 0 Å². The smallest absolute Gasteiger partial charge is 0.286 e. The highest BCUT2D eigenvalue weighted by Crippen LogP contribution is 2.33. The molecule has 1 aliphatic heterocycles. The summed E-state index contributed by atoms with van der Waals surface area (Å²) in [5, 5.41) is 11.9. The van der Waals surface area contributed by atoms with Crippen molar-refractivity contribution in [2.75, 3.05) is 18.4 Å². The van der Waals surface area contributed by atoms with Crippen molar-refractivity contribution < 1.29 is 17.6 Å². The van der Waals surface area contributed by atoms with Crippen LogP contribution in [-0.2, 0) is 10.0 Å². The Hall–Kier alpha value is -2.69. The zero-order chi connectivity index (χ0) is 22.9. The molecule has 0 unspecified atom stereocenters. The number of aromatic nitrogens is 2.